The lowest BCUT2D eigenvalue weighted by atomic mass is 10.0. The third-order valence-electron chi connectivity index (χ3n) is 9.82. The number of alkyl carbamates (subject to hydrolysis) is 1. The standard InChI is InChI=1S/C39H47ClN6O7/c1-5-52-29-18-16-24(17-19-29)32-33(25-12-11-14-27(40)20-25)44-46(43-32)28-21-31-34(47)42-39(36(49)50)22-26(39)13-9-7-6-8-10-15-30(35(48)45(31)23-28)41-37(51)53-38(2,3)4/h9,11-14,16-20,26,28,30-31H,5-8,10,15,21-23H2,1-4H3,(H,41,51)(H,42,47)(H,49,50)/b13-9-/t26-,28+,30+,31+,39-/m1/s1. The quantitative estimate of drug-likeness (QED) is 0.240. The molecule has 3 N–H and O–H groups in total. The lowest BCUT2D eigenvalue weighted by Crippen LogP contribution is -2.56. The van der Waals surface area contributed by atoms with Crippen LogP contribution >= 0.6 is 11.6 Å². The molecule has 0 radical (unpaired) electrons. The van der Waals surface area contributed by atoms with Gasteiger partial charge >= 0.3 is 12.1 Å². The van der Waals surface area contributed by atoms with E-state index >= 15 is 0 Å². The summed E-state index contributed by atoms with van der Waals surface area (Å²) in [6.07, 6.45) is 6.80. The molecule has 1 saturated carbocycles. The molecule has 3 aliphatic rings. The number of benzene rings is 2. The highest BCUT2D eigenvalue weighted by molar-refractivity contribution is 6.30. The van der Waals surface area contributed by atoms with Gasteiger partial charge in [0.1, 0.15) is 40.4 Å². The number of carbonyl (C=O) groups is 4. The predicted molar refractivity (Wildman–Crippen MR) is 198 cm³/mol. The second-order valence-electron chi connectivity index (χ2n) is 14.9. The normalized spacial score (nSPS) is 25.6. The topological polar surface area (TPSA) is 165 Å². The highest BCUT2D eigenvalue weighted by Gasteiger charge is 2.61. The van der Waals surface area contributed by atoms with Crippen LogP contribution < -0.4 is 15.4 Å². The summed E-state index contributed by atoms with van der Waals surface area (Å²) < 4.78 is 11.2. The summed E-state index contributed by atoms with van der Waals surface area (Å²) in [6, 6.07) is 12.1. The van der Waals surface area contributed by atoms with E-state index in [1.54, 1.807) is 32.9 Å². The van der Waals surface area contributed by atoms with E-state index < -0.39 is 53.1 Å². The highest BCUT2D eigenvalue weighted by atomic mass is 35.5. The second kappa shape index (κ2) is 15.6. The number of nitrogens with one attached hydrogen (secondary N) is 2. The maximum Gasteiger partial charge on any atom is 0.408 e. The summed E-state index contributed by atoms with van der Waals surface area (Å²) in [7, 11) is 0. The Morgan fingerprint density at radius 3 is 2.47 bits per heavy atom. The molecule has 1 aliphatic carbocycles. The van der Waals surface area contributed by atoms with Gasteiger partial charge in [-0.1, -0.05) is 48.7 Å². The fourth-order valence-electron chi connectivity index (χ4n) is 7.08. The molecular formula is C39H47ClN6O7. The molecule has 2 fully saturated rings. The van der Waals surface area contributed by atoms with E-state index in [0.29, 0.717) is 41.6 Å². The number of hydrogen-bond donors (Lipinski definition) is 3. The molecule has 0 bridgehead atoms. The molecule has 3 aromatic rings. The van der Waals surface area contributed by atoms with Crippen LogP contribution in [0.1, 0.15) is 78.7 Å². The minimum Gasteiger partial charge on any atom is -0.494 e. The van der Waals surface area contributed by atoms with E-state index in [0.717, 1.165) is 30.4 Å². The summed E-state index contributed by atoms with van der Waals surface area (Å²) in [6.45, 7) is 7.69. The zero-order chi connectivity index (χ0) is 37.9. The molecular weight excluding hydrogens is 700 g/mol. The van der Waals surface area contributed by atoms with E-state index in [1.165, 1.54) is 9.70 Å². The number of allylic oxidation sites excluding steroid dienone is 1. The number of hydrogen-bond acceptors (Lipinski definition) is 8. The largest absolute Gasteiger partial charge is 0.494 e. The van der Waals surface area contributed by atoms with Crippen LogP contribution in [0, 0.1) is 5.92 Å². The molecule has 2 aromatic carbocycles. The van der Waals surface area contributed by atoms with Crippen LogP contribution in [0.25, 0.3) is 22.5 Å². The summed E-state index contributed by atoms with van der Waals surface area (Å²) >= 11 is 6.40. The van der Waals surface area contributed by atoms with Crippen molar-refractivity contribution < 1.29 is 33.8 Å². The Hall–Kier alpha value is -4.91. The predicted octanol–water partition coefficient (Wildman–Crippen LogP) is 6.18. The van der Waals surface area contributed by atoms with Crippen molar-refractivity contribution in [3.63, 3.8) is 0 Å². The van der Waals surface area contributed by atoms with Crippen LogP contribution in [0.2, 0.25) is 5.02 Å². The number of carboxylic acids is 1. The van der Waals surface area contributed by atoms with Crippen molar-refractivity contribution in [3.05, 3.63) is 65.7 Å². The number of amides is 3. The van der Waals surface area contributed by atoms with E-state index in [1.807, 2.05) is 55.5 Å². The van der Waals surface area contributed by atoms with E-state index in [4.69, 9.17) is 31.3 Å². The van der Waals surface area contributed by atoms with Crippen LogP contribution in [0.15, 0.2) is 60.7 Å². The average Bonchev–Trinajstić information content (AvgIpc) is 3.40. The monoisotopic (exact) mass is 746 g/mol. The van der Waals surface area contributed by atoms with Crippen LogP contribution in [0.3, 0.4) is 0 Å². The van der Waals surface area contributed by atoms with Gasteiger partial charge in [0, 0.05) is 35.0 Å². The third kappa shape index (κ3) is 8.67. The maximum atomic E-state index is 14.5. The van der Waals surface area contributed by atoms with E-state index in [9.17, 15) is 24.3 Å². The fraction of sp³-hybridized carbons (Fsp3) is 0.487. The minimum absolute atomic E-state index is 0.0409. The molecule has 5 atom stereocenters. The smallest absolute Gasteiger partial charge is 0.408 e. The Labute approximate surface area is 314 Å². The number of aliphatic carboxylic acids is 1. The molecule has 53 heavy (non-hydrogen) atoms. The lowest BCUT2D eigenvalue weighted by molar-refractivity contribution is -0.145. The van der Waals surface area contributed by atoms with Gasteiger partial charge in [-0.3, -0.25) is 9.59 Å². The molecule has 6 rings (SSSR count). The number of carboxylic acid groups (broad SMARTS) is 1. The molecule has 2 aliphatic heterocycles. The lowest BCUT2D eigenvalue weighted by Gasteiger charge is -2.30. The minimum atomic E-state index is -1.46. The van der Waals surface area contributed by atoms with Crippen LogP contribution in [0.4, 0.5) is 4.79 Å². The van der Waals surface area contributed by atoms with Gasteiger partial charge < -0.3 is 30.1 Å². The molecule has 3 heterocycles. The van der Waals surface area contributed by atoms with Gasteiger partial charge in [0.25, 0.3) is 0 Å². The van der Waals surface area contributed by atoms with Gasteiger partial charge in [-0.15, -0.1) is 0 Å². The molecule has 0 spiro atoms. The number of halogens is 1. The first-order valence-corrected chi connectivity index (χ1v) is 18.6. The molecule has 1 saturated heterocycles. The Kier molecular flexibility index (Phi) is 11.1. The molecule has 13 nitrogen and oxygen atoms in total. The van der Waals surface area contributed by atoms with Gasteiger partial charge in [-0.25, -0.2) is 9.59 Å². The van der Waals surface area contributed by atoms with Crippen LogP contribution in [-0.2, 0) is 19.1 Å². The SMILES string of the molecule is CCOc1ccc(-c2nn([C@H]3C[C@H]4C(=O)N[C@]5(C(=O)O)C[C@H]5/C=C\CCCCC[C@H](NC(=O)OC(C)(C)C)C(=O)N4C3)nc2-c2cccc(Cl)c2)cc1. The zero-order valence-corrected chi connectivity index (χ0v) is 31.3. The number of rotatable bonds is 7. The van der Waals surface area contributed by atoms with Crippen LogP contribution in [0.5, 0.6) is 5.75 Å². The third-order valence-corrected chi connectivity index (χ3v) is 10.1. The van der Waals surface area contributed by atoms with Crippen molar-refractivity contribution in [2.24, 2.45) is 5.92 Å². The first-order valence-electron chi connectivity index (χ1n) is 18.3. The summed E-state index contributed by atoms with van der Waals surface area (Å²) in [5, 5.41) is 26.2. The molecule has 3 amide bonds. The van der Waals surface area contributed by atoms with E-state index in [-0.39, 0.29) is 25.3 Å². The van der Waals surface area contributed by atoms with Crippen LogP contribution in [-0.4, -0.2) is 85.3 Å². The summed E-state index contributed by atoms with van der Waals surface area (Å²) in [4.78, 5) is 57.2. The van der Waals surface area contributed by atoms with Gasteiger partial charge in [-0.05, 0) is 89.8 Å². The Morgan fingerprint density at radius 1 is 1.06 bits per heavy atom. The number of carbonyl (C=O) groups excluding carboxylic acids is 3. The number of fused-ring (bicyclic) bond motifs is 2. The van der Waals surface area contributed by atoms with Crippen molar-refractivity contribution in [1.29, 1.82) is 0 Å². The Morgan fingerprint density at radius 2 is 1.79 bits per heavy atom. The summed E-state index contributed by atoms with van der Waals surface area (Å²) in [5.74, 6) is -1.82. The van der Waals surface area contributed by atoms with Crippen molar-refractivity contribution in [2.75, 3.05) is 13.2 Å². The van der Waals surface area contributed by atoms with Crippen molar-refractivity contribution in [1.82, 2.24) is 30.5 Å². The number of ether oxygens (including phenoxy) is 2. The Balaban J connectivity index is 1.37. The second-order valence-corrected chi connectivity index (χ2v) is 15.4. The molecule has 14 heteroatoms. The van der Waals surface area contributed by atoms with Gasteiger partial charge in [0.2, 0.25) is 11.8 Å². The number of aromatic nitrogens is 3. The number of nitrogens with zero attached hydrogens (tertiary/aromatic N) is 4. The first-order chi connectivity index (χ1) is 25.3. The average molecular weight is 747 g/mol. The zero-order valence-electron chi connectivity index (χ0n) is 30.5. The molecule has 1 aromatic heterocycles. The molecule has 0 unspecified atom stereocenters. The Bertz CT molecular complexity index is 1870. The van der Waals surface area contributed by atoms with Crippen molar-refractivity contribution >= 4 is 35.5 Å². The van der Waals surface area contributed by atoms with Crippen molar-refractivity contribution in [3.8, 4) is 28.3 Å². The van der Waals surface area contributed by atoms with Gasteiger partial charge in [0.05, 0.1) is 12.6 Å². The fourth-order valence-corrected chi connectivity index (χ4v) is 7.27. The van der Waals surface area contributed by atoms with Gasteiger partial charge in [-0.2, -0.15) is 15.0 Å². The van der Waals surface area contributed by atoms with Crippen molar-refractivity contribution in [2.45, 2.75) is 102 Å². The maximum absolute atomic E-state index is 14.5. The van der Waals surface area contributed by atoms with E-state index in [2.05, 4.69) is 10.6 Å². The highest BCUT2D eigenvalue weighted by Crippen LogP contribution is 2.46. The van der Waals surface area contributed by atoms with Gasteiger partial charge in [0.15, 0.2) is 0 Å². The first kappa shape index (κ1) is 37.8. The molecule has 282 valence electrons. The summed E-state index contributed by atoms with van der Waals surface area (Å²) in [5.41, 5.74) is 0.372.